The molecule has 8 atom stereocenters. The summed E-state index contributed by atoms with van der Waals surface area (Å²) in [5.74, 6) is -6.03. The van der Waals surface area contributed by atoms with E-state index in [2.05, 4.69) is 5.32 Å². The van der Waals surface area contributed by atoms with E-state index in [9.17, 15) is 45.6 Å². The molecule has 0 unspecified atom stereocenters. The van der Waals surface area contributed by atoms with Crippen LogP contribution < -0.4 is 15.4 Å². The van der Waals surface area contributed by atoms with Crippen molar-refractivity contribution < 1.29 is 55.0 Å². The number of carbonyl (C=O) groups is 5. The normalized spacial score (nSPS) is 18.5. The van der Waals surface area contributed by atoms with Crippen molar-refractivity contribution in [2.24, 2.45) is 23.7 Å². The molecule has 1 aromatic carbocycles. The monoisotopic (exact) mass is 862 g/mol. The number of hydrogen-bond donors (Lipinski definition) is 3. The van der Waals surface area contributed by atoms with Gasteiger partial charge >= 0.3 is 12.1 Å². The Kier molecular flexibility index (Phi) is 19.3. The zero-order valence-corrected chi connectivity index (χ0v) is 37.2. The van der Waals surface area contributed by atoms with Crippen LogP contribution in [0, 0.1) is 23.7 Å². The van der Waals surface area contributed by atoms with E-state index < -0.39 is 76.1 Å². The molecule has 0 saturated carbocycles. The predicted molar refractivity (Wildman–Crippen MR) is 217 cm³/mol. The summed E-state index contributed by atoms with van der Waals surface area (Å²) >= 11 is 0. The topological polar surface area (TPSA) is 184 Å². The van der Waals surface area contributed by atoms with Crippen molar-refractivity contribution in [1.82, 2.24) is 24.7 Å². The van der Waals surface area contributed by atoms with E-state index in [1.54, 1.807) is 22.2 Å². The first-order valence-corrected chi connectivity index (χ1v) is 21.6. The van der Waals surface area contributed by atoms with Gasteiger partial charge < -0.3 is 29.9 Å². The van der Waals surface area contributed by atoms with Crippen LogP contribution in [0.15, 0.2) is 24.3 Å². The maximum atomic E-state index is 14.2. The summed E-state index contributed by atoms with van der Waals surface area (Å²) in [7, 11) is 3.83. The maximum absolute atomic E-state index is 14.2. The maximum Gasteiger partial charge on any atom is 0.471 e. The molecule has 0 aliphatic carbocycles. The van der Waals surface area contributed by atoms with E-state index in [0.717, 1.165) is 12.1 Å². The van der Waals surface area contributed by atoms with E-state index in [1.807, 2.05) is 65.3 Å². The minimum absolute atomic E-state index is 0.00562. The van der Waals surface area contributed by atoms with Crippen molar-refractivity contribution in [3.63, 3.8) is 0 Å². The van der Waals surface area contributed by atoms with Gasteiger partial charge in [0.2, 0.25) is 33.7 Å². The second-order valence-corrected chi connectivity index (χ2v) is 18.1. The number of alkyl halides is 3. The molecule has 5 amide bonds. The van der Waals surface area contributed by atoms with E-state index >= 15 is 0 Å². The number of ether oxygens (including phenoxy) is 2. The first-order chi connectivity index (χ1) is 27.3. The summed E-state index contributed by atoms with van der Waals surface area (Å²) in [4.78, 5) is 71.3. The molecular formula is C40H65F3N6O9S. The van der Waals surface area contributed by atoms with Gasteiger partial charge in [0.1, 0.15) is 6.04 Å². The average Bonchev–Trinajstić information content (AvgIpc) is 3.62. The number of amides is 5. The lowest BCUT2D eigenvalue weighted by molar-refractivity contribution is -0.167. The average molecular weight is 863 g/mol. The highest BCUT2D eigenvalue weighted by molar-refractivity contribution is 7.89. The molecule has 3 N–H and O–H groups in total. The Bertz CT molecular complexity index is 1690. The molecule has 59 heavy (non-hydrogen) atoms. The van der Waals surface area contributed by atoms with Gasteiger partial charge in [-0.15, -0.1) is 0 Å². The van der Waals surface area contributed by atoms with Crippen molar-refractivity contribution >= 4 is 45.2 Å². The van der Waals surface area contributed by atoms with Crippen LogP contribution in [0.2, 0.25) is 0 Å². The van der Waals surface area contributed by atoms with Gasteiger partial charge in [-0.05, 0) is 62.4 Å². The fraction of sp³-hybridized carbons (Fsp3) is 0.725. The lowest BCUT2D eigenvalue weighted by Gasteiger charge is -2.41. The lowest BCUT2D eigenvalue weighted by Crippen LogP contribution is -2.59. The number of methoxy groups -OCH3 is 2. The Labute approximate surface area is 347 Å². The Morgan fingerprint density at radius 3 is 1.98 bits per heavy atom. The quantitative estimate of drug-likeness (QED) is 0.165. The lowest BCUT2D eigenvalue weighted by atomic mass is 9.89. The molecule has 1 aliphatic rings. The molecule has 15 nitrogen and oxygen atoms in total. The van der Waals surface area contributed by atoms with Crippen LogP contribution in [0.4, 0.5) is 18.9 Å². The van der Waals surface area contributed by atoms with Crippen molar-refractivity contribution in [2.45, 2.75) is 122 Å². The third-order valence-corrected chi connectivity index (χ3v) is 12.3. The van der Waals surface area contributed by atoms with Crippen LogP contribution in [-0.4, -0.2) is 137 Å². The summed E-state index contributed by atoms with van der Waals surface area (Å²) in [5.41, 5.74) is -0.0544. The Hall–Kier alpha value is -3.81. The number of hydrogen-bond acceptors (Lipinski definition) is 10. The third-order valence-electron chi connectivity index (χ3n) is 11.0. The van der Waals surface area contributed by atoms with Gasteiger partial charge in [-0.2, -0.15) is 13.2 Å². The second kappa shape index (κ2) is 22.2. The SMILES string of the molecule is CC[C@@H](C)[C@@H]([C@@H](CC(=O)N1CCC[C@H]1[C@H](OC)[C@@H](C)C(=O)NS(=O)(=O)Cc1ccc(NC(=O)C(F)(F)F)cc1)OC)N(C)C(=O)[C@@H](NC(=O)[C@H](C(C)C)N(C)C)C(C)C. The van der Waals surface area contributed by atoms with Gasteiger partial charge in [0, 0.05) is 33.5 Å². The summed E-state index contributed by atoms with van der Waals surface area (Å²) in [5, 5.41) is 4.65. The highest BCUT2D eigenvalue weighted by atomic mass is 32.2. The van der Waals surface area contributed by atoms with Crippen LogP contribution in [-0.2, 0) is 49.2 Å². The van der Waals surface area contributed by atoms with Crippen LogP contribution in [0.25, 0.3) is 0 Å². The summed E-state index contributed by atoms with van der Waals surface area (Å²) in [6, 6.07) is 2.19. The molecular weight excluding hydrogens is 798 g/mol. The number of anilines is 1. The fourth-order valence-electron chi connectivity index (χ4n) is 7.80. The number of benzene rings is 1. The largest absolute Gasteiger partial charge is 0.471 e. The third kappa shape index (κ3) is 14.1. The zero-order valence-electron chi connectivity index (χ0n) is 36.4. The molecule has 0 bridgehead atoms. The number of sulfonamides is 1. The van der Waals surface area contributed by atoms with Crippen LogP contribution >= 0.6 is 0 Å². The zero-order chi connectivity index (χ0) is 45.2. The minimum atomic E-state index is -5.10. The van der Waals surface area contributed by atoms with Gasteiger partial charge in [0.05, 0.1) is 48.4 Å². The summed E-state index contributed by atoms with van der Waals surface area (Å²) in [6.45, 7) is 13.4. The number of likely N-dealkylation sites (N-methyl/N-ethyl adjacent to an activating group) is 2. The molecule has 1 aliphatic heterocycles. The molecule has 1 saturated heterocycles. The molecule has 336 valence electrons. The number of halogens is 3. The fourth-order valence-corrected chi connectivity index (χ4v) is 9.00. The predicted octanol–water partition coefficient (Wildman–Crippen LogP) is 3.78. The molecule has 1 fully saturated rings. The first-order valence-electron chi connectivity index (χ1n) is 19.9. The minimum Gasteiger partial charge on any atom is -0.379 e. The number of carbonyl (C=O) groups excluding carboxylic acids is 5. The van der Waals surface area contributed by atoms with Gasteiger partial charge in [0.25, 0.3) is 0 Å². The van der Waals surface area contributed by atoms with Crippen molar-refractivity contribution in [3.8, 4) is 0 Å². The van der Waals surface area contributed by atoms with Gasteiger partial charge in [-0.25, -0.2) is 8.42 Å². The molecule has 1 heterocycles. The molecule has 0 aromatic heterocycles. The van der Waals surface area contributed by atoms with Gasteiger partial charge in [0.15, 0.2) is 0 Å². The number of nitrogens with zero attached hydrogens (tertiary/aromatic N) is 3. The Morgan fingerprint density at radius 1 is 0.915 bits per heavy atom. The van der Waals surface area contributed by atoms with Crippen molar-refractivity contribution in [3.05, 3.63) is 29.8 Å². The van der Waals surface area contributed by atoms with Crippen LogP contribution in [0.1, 0.15) is 79.7 Å². The molecule has 2 rings (SSSR count). The molecule has 0 spiro atoms. The highest BCUT2D eigenvalue weighted by Crippen LogP contribution is 2.30. The number of likely N-dealkylation sites (tertiary alicyclic amines) is 1. The number of nitrogens with one attached hydrogen (secondary N) is 3. The van der Waals surface area contributed by atoms with E-state index in [0.29, 0.717) is 25.8 Å². The first kappa shape index (κ1) is 51.3. The molecule has 1 aromatic rings. The van der Waals surface area contributed by atoms with Crippen LogP contribution in [0.3, 0.4) is 0 Å². The summed E-state index contributed by atoms with van der Waals surface area (Å²) < 4.78 is 77.5. The smallest absolute Gasteiger partial charge is 0.379 e. The summed E-state index contributed by atoms with van der Waals surface area (Å²) in [6.07, 6.45) is -5.15. The Morgan fingerprint density at radius 2 is 1.51 bits per heavy atom. The standard InChI is InChI=1S/C40H65F3N6O9S/c1-13-25(6)34(48(10)38(53)32(23(2)3)45-37(52)33(24(4)5)47(8)9)30(57-11)21-31(50)49-20-14-15-29(49)35(58-12)26(7)36(51)46-59(55,56)22-27-16-18-28(19-17-27)44-39(54)40(41,42)43/h16-19,23-26,29-30,32-35H,13-15,20-22H2,1-12H3,(H,44,54)(H,45,52)(H,46,51)/t25-,26-,29+,30-,32+,33+,34+,35-/m1/s1. The second-order valence-electron chi connectivity index (χ2n) is 16.3. The van der Waals surface area contributed by atoms with Crippen LogP contribution in [0.5, 0.6) is 0 Å². The van der Waals surface area contributed by atoms with E-state index in [-0.39, 0.29) is 53.1 Å². The van der Waals surface area contributed by atoms with Crippen molar-refractivity contribution in [2.75, 3.05) is 47.2 Å². The highest BCUT2D eigenvalue weighted by Gasteiger charge is 2.44. The molecule has 19 heteroatoms. The van der Waals surface area contributed by atoms with E-state index in [4.69, 9.17) is 9.47 Å². The van der Waals surface area contributed by atoms with Gasteiger partial charge in [-0.3, -0.25) is 33.6 Å². The Balaban J connectivity index is 2.23. The number of rotatable bonds is 21. The molecule has 0 radical (unpaired) electrons. The van der Waals surface area contributed by atoms with Gasteiger partial charge in [-0.1, -0.05) is 67.0 Å². The van der Waals surface area contributed by atoms with Crippen molar-refractivity contribution in [1.29, 1.82) is 0 Å². The van der Waals surface area contributed by atoms with E-state index in [1.165, 1.54) is 33.3 Å².